The Morgan fingerprint density at radius 2 is 1.77 bits per heavy atom. The van der Waals surface area contributed by atoms with Gasteiger partial charge in [-0.3, -0.25) is 0 Å². The van der Waals surface area contributed by atoms with Gasteiger partial charge in [0, 0.05) is 9.37 Å². The highest BCUT2D eigenvalue weighted by atomic mass is 79.9. The molecule has 0 bridgehead atoms. The predicted octanol–water partition coefficient (Wildman–Crippen LogP) is 3.90. The third kappa shape index (κ3) is 2.37. The standard InChI is InChI=1S/C7H3BrF4S/c8-6-4(7(10,11)12)1-3(9)2-5(6)13/h1-2,13H. The number of thiol groups is 1. The number of rotatable bonds is 0. The molecule has 0 amide bonds. The van der Waals surface area contributed by atoms with Crippen LogP contribution in [0.1, 0.15) is 5.56 Å². The van der Waals surface area contributed by atoms with Gasteiger partial charge < -0.3 is 0 Å². The molecule has 72 valence electrons. The van der Waals surface area contributed by atoms with Gasteiger partial charge in [-0.05, 0) is 28.1 Å². The second-order valence-electron chi connectivity index (χ2n) is 2.28. The van der Waals surface area contributed by atoms with Crippen molar-refractivity contribution in [1.29, 1.82) is 0 Å². The van der Waals surface area contributed by atoms with Crippen molar-refractivity contribution in [3.8, 4) is 0 Å². The fourth-order valence-corrected chi connectivity index (χ4v) is 1.48. The monoisotopic (exact) mass is 274 g/mol. The summed E-state index contributed by atoms with van der Waals surface area (Å²) in [6.45, 7) is 0. The van der Waals surface area contributed by atoms with Crippen LogP contribution in [-0.2, 0) is 6.18 Å². The summed E-state index contributed by atoms with van der Waals surface area (Å²) in [5.74, 6) is -0.958. The lowest BCUT2D eigenvalue weighted by Gasteiger charge is -2.10. The Bertz CT molecular complexity index is 334. The molecule has 0 heterocycles. The third-order valence-corrected chi connectivity index (χ3v) is 2.84. The first-order chi connectivity index (χ1) is 5.82. The first-order valence-electron chi connectivity index (χ1n) is 3.07. The molecule has 1 rings (SSSR count). The third-order valence-electron chi connectivity index (χ3n) is 1.32. The lowest BCUT2D eigenvalue weighted by Crippen LogP contribution is -2.06. The van der Waals surface area contributed by atoms with Crippen molar-refractivity contribution in [2.45, 2.75) is 11.1 Å². The molecule has 13 heavy (non-hydrogen) atoms. The molecule has 0 fully saturated rings. The minimum absolute atomic E-state index is 0.0766. The van der Waals surface area contributed by atoms with Crippen LogP contribution in [0.3, 0.4) is 0 Å². The first kappa shape index (κ1) is 10.8. The van der Waals surface area contributed by atoms with Crippen molar-refractivity contribution in [2.75, 3.05) is 0 Å². The molecule has 0 saturated heterocycles. The average Bonchev–Trinajstić information content (AvgIpc) is 1.94. The van der Waals surface area contributed by atoms with E-state index in [1.807, 2.05) is 0 Å². The summed E-state index contributed by atoms with van der Waals surface area (Å²) in [4.78, 5) is -0.0766. The van der Waals surface area contributed by atoms with Crippen molar-refractivity contribution in [3.05, 3.63) is 28.0 Å². The van der Waals surface area contributed by atoms with E-state index >= 15 is 0 Å². The largest absolute Gasteiger partial charge is 0.417 e. The van der Waals surface area contributed by atoms with Crippen molar-refractivity contribution >= 4 is 28.6 Å². The highest BCUT2D eigenvalue weighted by Crippen LogP contribution is 2.38. The van der Waals surface area contributed by atoms with E-state index in [2.05, 4.69) is 28.6 Å². The molecule has 0 N–H and O–H groups in total. The van der Waals surface area contributed by atoms with Gasteiger partial charge in [-0.15, -0.1) is 12.6 Å². The number of alkyl halides is 3. The number of hydrogen-bond donors (Lipinski definition) is 1. The minimum atomic E-state index is -4.57. The Kier molecular flexibility index (Phi) is 2.91. The molecule has 0 atom stereocenters. The van der Waals surface area contributed by atoms with Crippen LogP contribution in [0.25, 0.3) is 0 Å². The van der Waals surface area contributed by atoms with E-state index in [1.54, 1.807) is 0 Å². The maximum absolute atomic E-state index is 12.6. The van der Waals surface area contributed by atoms with Crippen LogP contribution in [0.15, 0.2) is 21.5 Å². The van der Waals surface area contributed by atoms with E-state index in [0.717, 1.165) is 6.07 Å². The molecule has 0 unspecified atom stereocenters. The van der Waals surface area contributed by atoms with E-state index in [9.17, 15) is 17.6 Å². The fraction of sp³-hybridized carbons (Fsp3) is 0.143. The lowest BCUT2D eigenvalue weighted by atomic mass is 10.2. The molecule has 0 nitrogen and oxygen atoms in total. The zero-order chi connectivity index (χ0) is 10.2. The van der Waals surface area contributed by atoms with Crippen LogP contribution in [0.2, 0.25) is 0 Å². The molecule has 1 aromatic carbocycles. The van der Waals surface area contributed by atoms with Crippen LogP contribution in [-0.4, -0.2) is 0 Å². The fourth-order valence-electron chi connectivity index (χ4n) is 0.781. The van der Waals surface area contributed by atoms with Crippen LogP contribution >= 0.6 is 28.6 Å². The smallest absolute Gasteiger partial charge is 0.207 e. The van der Waals surface area contributed by atoms with E-state index in [-0.39, 0.29) is 9.37 Å². The van der Waals surface area contributed by atoms with Gasteiger partial charge in [0.1, 0.15) is 5.82 Å². The van der Waals surface area contributed by atoms with Gasteiger partial charge in [-0.2, -0.15) is 13.2 Å². The highest BCUT2D eigenvalue weighted by Gasteiger charge is 2.34. The summed E-state index contributed by atoms with van der Waals surface area (Å²) in [6, 6.07) is 1.33. The summed E-state index contributed by atoms with van der Waals surface area (Å²) < 4.78 is 48.9. The van der Waals surface area contributed by atoms with Crippen LogP contribution in [0.4, 0.5) is 17.6 Å². The summed E-state index contributed by atoms with van der Waals surface area (Å²) in [5, 5.41) is 0. The molecule has 1 aromatic rings. The highest BCUT2D eigenvalue weighted by molar-refractivity contribution is 9.10. The van der Waals surface area contributed by atoms with Gasteiger partial charge in [-0.1, -0.05) is 0 Å². The zero-order valence-electron chi connectivity index (χ0n) is 5.99. The molecule has 0 spiro atoms. The zero-order valence-corrected chi connectivity index (χ0v) is 8.47. The molecular weight excluding hydrogens is 272 g/mol. The van der Waals surface area contributed by atoms with Gasteiger partial charge >= 0.3 is 6.18 Å². The SMILES string of the molecule is Fc1cc(S)c(Br)c(C(F)(F)F)c1. The maximum Gasteiger partial charge on any atom is 0.417 e. The second kappa shape index (κ2) is 3.49. The van der Waals surface area contributed by atoms with Crippen LogP contribution in [0.5, 0.6) is 0 Å². The van der Waals surface area contributed by atoms with Gasteiger partial charge in [-0.25, -0.2) is 4.39 Å². The van der Waals surface area contributed by atoms with Gasteiger partial charge in [0.25, 0.3) is 0 Å². The number of benzene rings is 1. The Labute approximate surface area is 85.5 Å². The Morgan fingerprint density at radius 1 is 1.23 bits per heavy atom. The van der Waals surface area contributed by atoms with Gasteiger partial charge in [0.05, 0.1) is 5.56 Å². The molecule has 0 radical (unpaired) electrons. The van der Waals surface area contributed by atoms with Crippen LogP contribution < -0.4 is 0 Å². The van der Waals surface area contributed by atoms with E-state index in [4.69, 9.17) is 0 Å². The van der Waals surface area contributed by atoms with Crippen LogP contribution in [0, 0.1) is 5.82 Å². The molecule has 0 aromatic heterocycles. The maximum atomic E-state index is 12.6. The van der Waals surface area contributed by atoms with Crippen molar-refractivity contribution in [3.63, 3.8) is 0 Å². The molecular formula is C7H3BrF4S. The average molecular weight is 275 g/mol. The van der Waals surface area contributed by atoms with Gasteiger partial charge in [0.15, 0.2) is 0 Å². The molecule has 0 aliphatic carbocycles. The molecule has 0 saturated carbocycles. The predicted molar refractivity (Wildman–Crippen MR) is 46.4 cm³/mol. The lowest BCUT2D eigenvalue weighted by molar-refractivity contribution is -0.138. The summed E-state index contributed by atoms with van der Waals surface area (Å²) in [5.41, 5.74) is -1.06. The van der Waals surface area contributed by atoms with E-state index < -0.39 is 17.6 Å². The van der Waals surface area contributed by atoms with Crippen molar-refractivity contribution in [2.24, 2.45) is 0 Å². The van der Waals surface area contributed by atoms with Gasteiger partial charge in [0.2, 0.25) is 0 Å². The molecule has 0 aliphatic heterocycles. The summed E-state index contributed by atoms with van der Waals surface area (Å²) in [7, 11) is 0. The Balaban J connectivity index is 3.37. The first-order valence-corrected chi connectivity index (χ1v) is 4.31. The number of halogens is 5. The summed E-state index contributed by atoms with van der Waals surface area (Å²) in [6.07, 6.45) is -4.57. The second-order valence-corrected chi connectivity index (χ2v) is 3.56. The van der Waals surface area contributed by atoms with Crippen molar-refractivity contribution in [1.82, 2.24) is 0 Å². The van der Waals surface area contributed by atoms with Crippen molar-refractivity contribution < 1.29 is 17.6 Å². The Hall–Kier alpha value is -0.230. The minimum Gasteiger partial charge on any atom is -0.207 e. The molecule has 6 heteroatoms. The Morgan fingerprint density at radius 3 is 2.23 bits per heavy atom. The van der Waals surface area contributed by atoms with E-state index in [0.29, 0.717) is 6.07 Å². The quantitative estimate of drug-likeness (QED) is 0.539. The summed E-state index contributed by atoms with van der Waals surface area (Å²) >= 11 is 6.37. The topological polar surface area (TPSA) is 0 Å². The normalized spacial score (nSPS) is 11.8. The molecule has 0 aliphatic rings. The van der Waals surface area contributed by atoms with E-state index in [1.165, 1.54) is 0 Å². The number of hydrogen-bond acceptors (Lipinski definition) is 1.